The van der Waals surface area contributed by atoms with Crippen LogP contribution in [0.25, 0.3) is 10.4 Å². The second-order valence-electron chi connectivity index (χ2n) is 7.61. The minimum Gasteiger partial charge on any atom is -0.485 e. The molecule has 1 saturated heterocycles. The summed E-state index contributed by atoms with van der Waals surface area (Å²) in [6, 6.07) is 7.25. The van der Waals surface area contributed by atoms with Crippen molar-refractivity contribution in [2.75, 3.05) is 38.5 Å². The first-order valence-corrected chi connectivity index (χ1v) is 11.7. The molecule has 33 heavy (non-hydrogen) atoms. The molecule has 6 nitrogen and oxygen atoms in total. The molecule has 3 heterocycles. The fraction of sp³-hybridized carbons (Fsp3) is 0.304. The van der Waals surface area contributed by atoms with Crippen molar-refractivity contribution in [3.63, 3.8) is 0 Å². The third kappa shape index (κ3) is 5.10. The molecule has 0 unspecified atom stereocenters. The number of benzene rings is 1. The van der Waals surface area contributed by atoms with E-state index >= 15 is 0 Å². The van der Waals surface area contributed by atoms with Gasteiger partial charge in [0.2, 0.25) is 0 Å². The van der Waals surface area contributed by atoms with Gasteiger partial charge in [0.05, 0.1) is 9.90 Å². The fourth-order valence-corrected chi connectivity index (χ4v) is 4.75. The van der Waals surface area contributed by atoms with Crippen molar-refractivity contribution in [1.82, 2.24) is 14.8 Å². The summed E-state index contributed by atoms with van der Waals surface area (Å²) in [5.41, 5.74) is 6.51. The number of anilines is 1. The SMILES string of the molecule is CCN1CCN(C(=O)c2ccc(-c3cnc(N)c(OCc4c(F)ccc(F)c4Cl)c3)s2)CC1. The molecule has 1 aromatic carbocycles. The number of rotatable bonds is 6. The number of amides is 1. The number of hydrogen-bond acceptors (Lipinski definition) is 6. The lowest BCUT2D eigenvalue weighted by atomic mass is 10.2. The van der Waals surface area contributed by atoms with Crippen molar-refractivity contribution in [1.29, 1.82) is 0 Å². The molecule has 0 saturated carbocycles. The first-order chi connectivity index (χ1) is 15.9. The molecule has 2 N–H and O–H groups in total. The van der Waals surface area contributed by atoms with Gasteiger partial charge in [-0.2, -0.15) is 0 Å². The van der Waals surface area contributed by atoms with Crippen LogP contribution in [0.1, 0.15) is 22.2 Å². The van der Waals surface area contributed by atoms with Crippen molar-refractivity contribution in [3.05, 3.63) is 63.6 Å². The summed E-state index contributed by atoms with van der Waals surface area (Å²) in [5.74, 6) is -1.08. The van der Waals surface area contributed by atoms with Crippen molar-refractivity contribution in [3.8, 4) is 16.2 Å². The van der Waals surface area contributed by atoms with Crippen molar-refractivity contribution in [2.45, 2.75) is 13.5 Å². The molecule has 0 atom stereocenters. The highest BCUT2D eigenvalue weighted by atomic mass is 35.5. The summed E-state index contributed by atoms with van der Waals surface area (Å²) in [6.45, 7) is 5.96. The Bertz CT molecular complexity index is 1170. The predicted molar refractivity (Wildman–Crippen MR) is 126 cm³/mol. The van der Waals surface area contributed by atoms with Gasteiger partial charge in [-0.3, -0.25) is 4.79 Å². The van der Waals surface area contributed by atoms with Gasteiger partial charge in [0, 0.05) is 48.4 Å². The van der Waals surface area contributed by atoms with E-state index in [2.05, 4.69) is 16.8 Å². The van der Waals surface area contributed by atoms with Gasteiger partial charge in [0.1, 0.15) is 18.2 Å². The normalized spacial score (nSPS) is 14.5. The van der Waals surface area contributed by atoms with Crippen molar-refractivity contribution >= 4 is 34.7 Å². The number of carbonyl (C=O) groups excluding carboxylic acids is 1. The third-order valence-corrected chi connectivity index (χ3v) is 7.13. The van der Waals surface area contributed by atoms with Gasteiger partial charge in [-0.05, 0) is 36.9 Å². The smallest absolute Gasteiger partial charge is 0.264 e. The molecule has 10 heteroatoms. The Morgan fingerprint density at radius 3 is 2.64 bits per heavy atom. The monoisotopic (exact) mass is 492 g/mol. The van der Waals surface area contributed by atoms with Crippen LogP contribution in [0.5, 0.6) is 5.75 Å². The largest absolute Gasteiger partial charge is 0.485 e. The molecule has 0 bridgehead atoms. The average Bonchev–Trinajstić information content (AvgIpc) is 3.32. The molecular weight excluding hydrogens is 470 g/mol. The number of nitrogens with two attached hydrogens (primary N) is 1. The lowest BCUT2D eigenvalue weighted by molar-refractivity contribution is 0.0648. The van der Waals surface area contributed by atoms with E-state index in [0.717, 1.165) is 36.6 Å². The number of aromatic nitrogens is 1. The zero-order chi connectivity index (χ0) is 23.5. The second kappa shape index (κ2) is 10.0. The van der Waals surface area contributed by atoms with Gasteiger partial charge in [-0.25, -0.2) is 13.8 Å². The minimum absolute atomic E-state index is 0.0121. The summed E-state index contributed by atoms with van der Waals surface area (Å²) in [5, 5.41) is -0.334. The highest BCUT2D eigenvalue weighted by Gasteiger charge is 2.23. The van der Waals surface area contributed by atoms with Gasteiger partial charge in [0.15, 0.2) is 11.6 Å². The summed E-state index contributed by atoms with van der Waals surface area (Å²) < 4.78 is 33.3. The highest BCUT2D eigenvalue weighted by Crippen LogP contribution is 2.33. The summed E-state index contributed by atoms with van der Waals surface area (Å²) in [4.78, 5) is 22.7. The lowest BCUT2D eigenvalue weighted by Crippen LogP contribution is -2.48. The van der Waals surface area contributed by atoms with Gasteiger partial charge in [-0.15, -0.1) is 11.3 Å². The Kier molecular flexibility index (Phi) is 7.11. The molecule has 0 spiro atoms. The first-order valence-electron chi connectivity index (χ1n) is 10.5. The molecule has 0 aliphatic carbocycles. The standard InChI is InChI=1S/C23H23ClF2N4O2S/c1-2-29-7-9-30(10-8-29)23(31)20-6-5-19(33-20)14-11-18(22(27)28-12-14)32-13-15-16(25)3-4-17(26)21(15)24/h3-6,11-12H,2,7-10,13H2,1H3,(H2,27,28). The van der Waals surface area contributed by atoms with E-state index in [9.17, 15) is 13.6 Å². The molecule has 2 aromatic heterocycles. The van der Waals surface area contributed by atoms with E-state index in [4.69, 9.17) is 22.1 Å². The van der Waals surface area contributed by atoms with E-state index in [1.165, 1.54) is 11.3 Å². The van der Waals surface area contributed by atoms with Crippen LogP contribution in [-0.4, -0.2) is 53.4 Å². The van der Waals surface area contributed by atoms with Gasteiger partial charge in [0.25, 0.3) is 5.91 Å². The number of halogens is 3. The number of nitrogens with zero attached hydrogens (tertiary/aromatic N) is 3. The zero-order valence-electron chi connectivity index (χ0n) is 18.0. The maximum absolute atomic E-state index is 14.0. The molecule has 0 radical (unpaired) electrons. The number of hydrogen-bond donors (Lipinski definition) is 1. The van der Waals surface area contributed by atoms with Crippen LogP contribution in [0.3, 0.4) is 0 Å². The van der Waals surface area contributed by atoms with Gasteiger partial charge in [-0.1, -0.05) is 18.5 Å². The van der Waals surface area contributed by atoms with Crippen LogP contribution in [0.4, 0.5) is 14.6 Å². The number of piperazine rings is 1. The van der Waals surface area contributed by atoms with Crippen LogP contribution >= 0.6 is 22.9 Å². The number of pyridine rings is 1. The molecule has 4 rings (SSSR count). The Morgan fingerprint density at radius 1 is 1.18 bits per heavy atom. The van der Waals surface area contributed by atoms with E-state index in [1.54, 1.807) is 18.3 Å². The van der Waals surface area contributed by atoms with Crippen LogP contribution in [0.2, 0.25) is 5.02 Å². The van der Waals surface area contributed by atoms with Crippen molar-refractivity contribution < 1.29 is 18.3 Å². The van der Waals surface area contributed by atoms with Crippen LogP contribution in [-0.2, 0) is 6.61 Å². The molecule has 3 aromatic rings. The third-order valence-electron chi connectivity index (χ3n) is 5.60. The molecule has 1 aliphatic heterocycles. The number of ether oxygens (including phenoxy) is 1. The lowest BCUT2D eigenvalue weighted by Gasteiger charge is -2.33. The molecule has 174 valence electrons. The van der Waals surface area contributed by atoms with Crippen LogP contribution in [0.15, 0.2) is 36.5 Å². The van der Waals surface area contributed by atoms with E-state index < -0.39 is 11.6 Å². The number of thiophene rings is 1. The Hall–Kier alpha value is -2.75. The highest BCUT2D eigenvalue weighted by molar-refractivity contribution is 7.17. The maximum atomic E-state index is 14.0. The fourth-order valence-electron chi connectivity index (χ4n) is 3.59. The summed E-state index contributed by atoms with van der Waals surface area (Å²) in [7, 11) is 0. The summed E-state index contributed by atoms with van der Waals surface area (Å²) in [6.07, 6.45) is 1.58. The Morgan fingerprint density at radius 2 is 1.91 bits per heavy atom. The van der Waals surface area contributed by atoms with Gasteiger partial charge >= 0.3 is 0 Å². The Balaban J connectivity index is 1.49. The second-order valence-corrected chi connectivity index (χ2v) is 9.07. The molecule has 1 aliphatic rings. The van der Waals surface area contributed by atoms with Crippen LogP contribution < -0.4 is 10.5 Å². The maximum Gasteiger partial charge on any atom is 0.264 e. The van der Waals surface area contributed by atoms with E-state index in [1.807, 2.05) is 11.0 Å². The number of nitrogen functional groups attached to an aromatic ring is 1. The zero-order valence-corrected chi connectivity index (χ0v) is 19.6. The molecule has 1 fully saturated rings. The molecule has 1 amide bonds. The molecular formula is C23H23ClF2N4O2S. The van der Waals surface area contributed by atoms with E-state index in [0.29, 0.717) is 23.5 Å². The minimum atomic E-state index is -0.733. The average molecular weight is 493 g/mol. The van der Waals surface area contributed by atoms with Crippen LogP contribution in [0, 0.1) is 11.6 Å². The topological polar surface area (TPSA) is 71.7 Å². The Labute approximate surface area is 199 Å². The van der Waals surface area contributed by atoms with E-state index in [-0.39, 0.29) is 34.7 Å². The quantitative estimate of drug-likeness (QED) is 0.506. The number of carbonyl (C=O) groups is 1. The number of likely N-dealkylation sites (N-methyl/N-ethyl adjacent to an activating group) is 1. The summed E-state index contributed by atoms with van der Waals surface area (Å²) >= 11 is 7.22. The first kappa shape index (κ1) is 23.4. The van der Waals surface area contributed by atoms with Crippen molar-refractivity contribution in [2.24, 2.45) is 0 Å². The van der Waals surface area contributed by atoms with Gasteiger partial charge < -0.3 is 20.3 Å². The predicted octanol–water partition coefficient (Wildman–Crippen LogP) is 4.68.